The second-order valence-corrected chi connectivity index (χ2v) is 4.98. The van der Waals surface area contributed by atoms with Crippen molar-refractivity contribution in [2.45, 2.75) is 0 Å². The number of ether oxygens (including phenoxy) is 4. The van der Waals surface area contributed by atoms with Crippen molar-refractivity contribution in [3.8, 4) is 34.5 Å². The minimum atomic E-state index is -0.382. The van der Waals surface area contributed by atoms with E-state index in [0.717, 1.165) is 0 Å². The van der Waals surface area contributed by atoms with Crippen molar-refractivity contribution in [2.75, 3.05) is 28.4 Å². The topological polar surface area (TPSA) is 97.6 Å². The molecule has 7 nitrogen and oxygen atoms in total. The summed E-state index contributed by atoms with van der Waals surface area (Å²) in [6.07, 6.45) is 1.64. The van der Waals surface area contributed by atoms with E-state index in [-0.39, 0.29) is 45.8 Å². The number of hydrogen-bond donors (Lipinski definition) is 3. The van der Waals surface area contributed by atoms with Crippen LogP contribution in [-0.2, 0) is 4.74 Å². The molecule has 2 rings (SSSR count). The molecule has 2 aromatic carbocycles. The maximum absolute atomic E-state index is 10.3. The Hall–Kier alpha value is -3.22. The van der Waals surface area contributed by atoms with Gasteiger partial charge in [-0.15, -0.1) is 0 Å². The average Bonchev–Trinajstić information content (AvgIpc) is 2.61. The summed E-state index contributed by atoms with van der Waals surface area (Å²) in [5.74, 6) is -0.480. The van der Waals surface area contributed by atoms with Gasteiger partial charge in [0, 0.05) is 0 Å². The van der Waals surface area contributed by atoms with Gasteiger partial charge in [0.2, 0.25) is 17.2 Å². The van der Waals surface area contributed by atoms with Crippen LogP contribution in [0.25, 0.3) is 11.8 Å². The molecule has 0 amide bonds. The molecule has 0 fully saturated rings. The Labute approximate surface area is 145 Å². The molecule has 0 aliphatic carbocycles. The summed E-state index contributed by atoms with van der Waals surface area (Å²) in [4.78, 5) is 0. The van der Waals surface area contributed by atoms with Crippen molar-refractivity contribution < 1.29 is 34.3 Å². The Morgan fingerprint density at radius 1 is 0.760 bits per heavy atom. The Morgan fingerprint density at radius 3 is 1.64 bits per heavy atom. The quantitative estimate of drug-likeness (QED) is 0.545. The third-order valence-electron chi connectivity index (χ3n) is 3.58. The van der Waals surface area contributed by atoms with Gasteiger partial charge in [0.25, 0.3) is 0 Å². The lowest BCUT2D eigenvalue weighted by atomic mass is 10.1. The van der Waals surface area contributed by atoms with Gasteiger partial charge in [0.05, 0.1) is 28.4 Å². The lowest BCUT2D eigenvalue weighted by molar-refractivity contribution is 0.298. The fraction of sp³-hybridized carbons (Fsp3) is 0.222. The molecule has 0 atom stereocenters. The number of phenolic OH excluding ortho intramolecular Hbond substituents is 3. The number of aromatic hydroxyl groups is 3. The zero-order valence-corrected chi connectivity index (χ0v) is 14.4. The summed E-state index contributed by atoms with van der Waals surface area (Å²) >= 11 is 0. The summed E-state index contributed by atoms with van der Waals surface area (Å²) in [7, 11) is 5.46. The molecule has 0 saturated carbocycles. The first-order chi connectivity index (χ1) is 12.0. The number of methoxy groups -OCH3 is 4. The fourth-order valence-corrected chi connectivity index (χ4v) is 2.43. The van der Waals surface area contributed by atoms with E-state index in [2.05, 4.69) is 0 Å². The molecule has 134 valence electrons. The Kier molecular flexibility index (Phi) is 5.49. The molecule has 7 heteroatoms. The van der Waals surface area contributed by atoms with Gasteiger partial charge in [0.15, 0.2) is 11.5 Å². The number of rotatable bonds is 6. The van der Waals surface area contributed by atoms with E-state index in [4.69, 9.17) is 18.9 Å². The van der Waals surface area contributed by atoms with E-state index in [0.29, 0.717) is 5.56 Å². The highest BCUT2D eigenvalue weighted by Gasteiger charge is 2.29. The van der Waals surface area contributed by atoms with E-state index in [1.807, 2.05) is 0 Å². The lowest BCUT2D eigenvalue weighted by Gasteiger charge is -2.19. The number of phenols is 3. The van der Waals surface area contributed by atoms with Gasteiger partial charge in [-0.3, -0.25) is 0 Å². The highest BCUT2D eigenvalue weighted by Crippen LogP contribution is 2.54. The summed E-state index contributed by atoms with van der Waals surface area (Å²) in [5.41, 5.74) is 0.935. The smallest absolute Gasteiger partial charge is 0.210 e. The van der Waals surface area contributed by atoms with Crippen LogP contribution in [0.3, 0.4) is 0 Å². The van der Waals surface area contributed by atoms with Crippen LogP contribution in [0.5, 0.6) is 34.5 Å². The van der Waals surface area contributed by atoms with Gasteiger partial charge in [0.1, 0.15) is 17.1 Å². The Balaban J connectivity index is 2.75. The van der Waals surface area contributed by atoms with Gasteiger partial charge in [-0.1, -0.05) is 12.1 Å². The van der Waals surface area contributed by atoms with E-state index < -0.39 is 0 Å². The molecule has 0 aromatic heterocycles. The minimum absolute atomic E-state index is 0.0263. The van der Waals surface area contributed by atoms with Gasteiger partial charge in [-0.25, -0.2) is 0 Å². The van der Waals surface area contributed by atoms with Crippen LogP contribution < -0.4 is 14.2 Å². The number of hydrogen-bond acceptors (Lipinski definition) is 7. The summed E-state index contributed by atoms with van der Waals surface area (Å²) in [5, 5.41) is 30.1. The highest BCUT2D eigenvalue weighted by atomic mass is 16.5. The molecule has 0 saturated heterocycles. The van der Waals surface area contributed by atoms with Crippen LogP contribution in [0, 0.1) is 0 Å². The minimum Gasteiger partial charge on any atom is -0.508 e. The standard InChI is InChI=1S/C18H20O7/c1-22-12(9-10-5-7-11(19)8-6-10)13-16(23-2)14(20)18(25-4)15(21)17(13)24-3/h5-9,19-21H,1-4H3. The Bertz CT molecular complexity index is 748. The van der Waals surface area contributed by atoms with E-state index in [9.17, 15) is 15.3 Å². The van der Waals surface area contributed by atoms with Crippen LogP contribution in [0.2, 0.25) is 0 Å². The van der Waals surface area contributed by atoms with Gasteiger partial charge < -0.3 is 34.3 Å². The molecule has 0 spiro atoms. The third kappa shape index (κ3) is 3.35. The molecule has 0 unspecified atom stereocenters. The van der Waals surface area contributed by atoms with Gasteiger partial charge in [-0.05, 0) is 23.8 Å². The van der Waals surface area contributed by atoms with Crippen molar-refractivity contribution >= 4 is 11.8 Å². The van der Waals surface area contributed by atoms with Crippen molar-refractivity contribution in [1.82, 2.24) is 0 Å². The molecule has 0 aliphatic rings. The van der Waals surface area contributed by atoms with Crippen LogP contribution >= 0.6 is 0 Å². The molecule has 0 radical (unpaired) electrons. The van der Waals surface area contributed by atoms with E-state index in [1.54, 1.807) is 18.2 Å². The predicted octanol–water partition coefficient (Wildman–Crippen LogP) is 2.97. The monoisotopic (exact) mass is 348 g/mol. The molecule has 0 bridgehead atoms. The zero-order valence-electron chi connectivity index (χ0n) is 14.4. The molecular weight excluding hydrogens is 328 g/mol. The first-order valence-electron chi connectivity index (χ1n) is 7.27. The molecule has 3 N–H and O–H groups in total. The zero-order chi connectivity index (χ0) is 18.6. The predicted molar refractivity (Wildman–Crippen MR) is 92.4 cm³/mol. The largest absolute Gasteiger partial charge is 0.508 e. The summed E-state index contributed by atoms with van der Waals surface area (Å²) in [6.45, 7) is 0. The fourth-order valence-electron chi connectivity index (χ4n) is 2.43. The first kappa shape index (κ1) is 18.1. The second-order valence-electron chi connectivity index (χ2n) is 4.98. The highest BCUT2D eigenvalue weighted by molar-refractivity contribution is 5.88. The lowest BCUT2D eigenvalue weighted by Crippen LogP contribution is -2.01. The van der Waals surface area contributed by atoms with Crippen molar-refractivity contribution in [1.29, 1.82) is 0 Å². The van der Waals surface area contributed by atoms with Gasteiger partial charge in [-0.2, -0.15) is 0 Å². The van der Waals surface area contributed by atoms with Crippen molar-refractivity contribution in [3.05, 3.63) is 35.4 Å². The van der Waals surface area contributed by atoms with Crippen LogP contribution in [-0.4, -0.2) is 43.8 Å². The maximum Gasteiger partial charge on any atom is 0.210 e. The molecule has 0 heterocycles. The Morgan fingerprint density at radius 2 is 1.24 bits per heavy atom. The summed E-state index contributed by atoms with van der Waals surface area (Å²) in [6, 6.07) is 6.40. The van der Waals surface area contributed by atoms with Crippen LogP contribution in [0.15, 0.2) is 24.3 Å². The van der Waals surface area contributed by atoms with Crippen molar-refractivity contribution in [2.24, 2.45) is 0 Å². The number of benzene rings is 2. The van der Waals surface area contributed by atoms with E-state index >= 15 is 0 Å². The molecule has 2 aromatic rings. The van der Waals surface area contributed by atoms with E-state index in [1.165, 1.54) is 40.6 Å². The molecule has 25 heavy (non-hydrogen) atoms. The van der Waals surface area contributed by atoms with Crippen molar-refractivity contribution in [3.63, 3.8) is 0 Å². The van der Waals surface area contributed by atoms with Gasteiger partial charge >= 0.3 is 0 Å². The third-order valence-corrected chi connectivity index (χ3v) is 3.58. The normalized spacial score (nSPS) is 11.1. The SMILES string of the molecule is COC(=Cc1ccc(O)cc1)c1c(OC)c(O)c(OC)c(O)c1OC. The first-order valence-corrected chi connectivity index (χ1v) is 7.27. The van der Waals surface area contributed by atoms with Crippen LogP contribution in [0.4, 0.5) is 0 Å². The molecule has 0 aliphatic heterocycles. The molecular formula is C18H20O7. The average molecular weight is 348 g/mol. The second kappa shape index (κ2) is 7.57. The van der Waals surface area contributed by atoms with Crippen LogP contribution in [0.1, 0.15) is 11.1 Å². The summed E-state index contributed by atoms with van der Waals surface area (Å²) < 4.78 is 21.0. The maximum atomic E-state index is 10.3.